The topological polar surface area (TPSA) is 107 Å². The normalized spacial score (nSPS) is 11.5. The third-order valence-electron chi connectivity index (χ3n) is 4.37. The fraction of sp³-hybridized carbons (Fsp3) is 0.136. The molecule has 9 heteroatoms. The molecule has 4 aromatic rings. The average molecular weight is 430 g/mol. The fourth-order valence-electron chi connectivity index (χ4n) is 3.11. The van der Waals surface area contributed by atoms with Gasteiger partial charge in [0.1, 0.15) is 0 Å². The van der Waals surface area contributed by atoms with Gasteiger partial charge >= 0.3 is 0 Å². The zero-order valence-electron chi connectivity index (χ0n) is 16.9. The van der Waals surface area contributed by atoms with E-state index in [0.717, 1.165) is 16.9 Å². The van der Waals surface area contributed by atoms with E-state index in [2.05, 4.69) is 25.7 Å². The van der Waals surface area contributed by atoms with Crippen LogP contribution in [0.3, 0.4) is 0 Å². The number of nitrogens with one attached hydrogen (secondary N) is 2. The van der Waals surface area contributed by atoms with Crippen LogP contribution in [0.15, 0.2) is 65.2 Å². The molecule has 8 nitrogen and oxygen atoms in total. The van der Waals surface area contributed by atoms with Gasteiger partial charge in [-0.25, -0.2) is 14.5 Å². The number of nitriles is 1. The molecule has 3 aromatic heterocycles. The summed E-state index contributed by atoms with van der Waals surface area (Å²) in [5, 5.41) is 21.0. The number of guanidine groups is 1. The van der Waals surface area contributed by atoms with Crippen molar-refractivity contribution >= 4 is 34.4 Å². The Bertz CT molecular complexity index is 1300. The highest BCUT2D eigenvalue weighted by atomic mass is 32.1. The van der Waals surface area contributed by atoms with E-state index < -0.39 is 0 Å². The lowest BCUT2D eigenvalue weighted by Crippen LogP contribution is -2.27. The lowest BCUT2D eigenvalue weighted by Gasteiger charge is -2.11. The first-order chi connectivity index (χ1) is 15.1. The second-order valence-electron chi connectivity index (χ2n) is 6.94. The van der Waals surface area contributed by atoms with Gasteiger partial charge in [0.2, 0.25) is 11.7 Å². The summed E-state index contributed by atoms with van der Waals surface area (Å²) in [5.74, 6) is 0.277. The van der Waals surface area contributed by atoms with Gasteiger partial charge < -0.3 is 5.32 Å². The number of benzene rings is 1. The summed E-state index contributed by atoms with van der Waals surface area (Å²) in [4.78, 5) is 22.2. The third kappa shape index (κ3) is 4.29. The summed E-state index contributed by atoms with van der Waals surface area (Å²) in [6, 6.07) is 13.1. The van der Waals surface area contributed by atoms with Crippen molar-refractivity contribution in [1.29, 1.82) is 5.26 Å². The van der Waals surface area contributed by atoms with Crippen LogP contribution >= 0.6 is 11.3 Å². The van der Waals surface area contributed by atoms with E-state index in [4.69, 9.17) is 5.26 Å². The molecular weight excluding hydrogens is 410 g/mol. The van der Waals surface area contributed by atoms with E-state index in [9.17, 15) is 4.79 Å². The molecule has 154 valence electrons. The molecule has 0 aliphatic heterocycles. The summed E-state index contributed by atoms with van der Waals surface area (Å²) in [6.45, 7) is 3.86. The van der Waals surface area contributed by atoms with Gasteiger partial charge in [-0.2, -0.15) is 10.4 Å². The number of aromatic nitrogens is 3. The Balaban J connectivity index is 1.71. The van der Waals surface area contributed by atoms with Crippen LogP contribution in [0, 0.1) is 11.5 Å². The first-order valence-corrected chi connectivity index (χ1v) is 10.5. The third-order valence-corrected chi connectivity index (χ3v) is 5.24. The van der Waals surface area contributed by atoms with Crippen LogP contribution in [0.5, 0.6) is 0 Å². The molecule has 0 saturated heterocycles. The summed E-state index contributed by atoms with van der Waals surface area (Å²) in [5.41, 5.74) is 3.38. The predicted molar refractivity (Wildman–Crippen MR) is 121 cm³/mol. The second kappa shape index (κ2) is 8.77. The molecule has 0 saturated carbocycles. The van der Waals surface area contributed by atoms with E-state index in [1.54, 1.807) is 23.0 Å². The maximum atomic E-state index is 12.8. The highest BCUT2D eigenvalue weighted by Gasteiger charge is 2.18. The minimum Gasteiger partial charge on any atom is -0.326 e. The monoisotopic (exact) mass is 429 g/mol. The van der Waals surface area contributed by atoms with E-state index >= 15 is 0 Å². The Hall–Kier alpha value is -4.03. The van der Waals surface area contributed by atoms with E-state index in [-0.39, 0.29) is 11.8 Å². The number of hydrogen-bond acceptors (Lipinski definition) is 6. The molecule has 3 heterocycles. The van der Waals surface area contributed by atoms with Gasteiger partial charge in [-0.3, -0.25) is 10.1 Å². The lowest BCUT2D eigenvalue weighted by molar-refractivity contribution is 0.104. The van der Waals surface area contributed by atoms with Gasteiger partial charge in [-0.05, 0) is 43.5 Å². The number of anilines is 1. The van der Waals surface area contributed by atoms with Crippen molar-refractivity contribution in [2.75, 3.05) is 5.32 Å². The Morgan fingerprint density at radius 3 is 2.87 bits per heavy atom. The largest absolute Gasteiger partial charge is 0.326 e. The van der Waals surface area contributed by atoms with Crippen LogP contribution < -0.4 is 10.6 Å². The maximum Gasteiger partial charge on any atom is 0.209 e. The zero-order chi connectivity index (χ0) is 21.8. The summed E-state index contributed by atoms with van der Waals surface area (Å²) < 4.78 is 1.66. The minimum atomic E-state index is -0.0952. The zero-order valence-corrected chi connectivity index (χ0v) is 17.7. The molecule has 0 atom stereocenters. The van der Waals surface area contributed by atoms with Crippen molar-refractivity contribution in [1.82, 2.24) is 19.9 Å². The number of thiophene rings is 1. The first kappa shape index (κ1) is 20.3. The van der Waals surface area contributed by atoms with Crippen LogP contribution in [0.4, 0.5) is 5.69 Å². The van der Waals surface area contributed by atoms with Gasteiger partial charge in [0.25, 0.3) is 0 Å². The molecular formula is C22H19N7OS. The number of fused-ring (bicyclic) bond motifs is 1. The molecule has 31 heavy (non-hydrogen) atoms. The van der Waals surface area contributed by atoms with Crippen LogP contribution in [0.25, 0.3) is 16.9 Å². The van der Waals surface area contributed by atoms with Crippen molar-refractivity contribution in [2.45, 2.75) is 19.9 Å². The number of aliphatic imine (C=N–C) groups is 1. The highest BCUT2D eigenvalue weighted by Crippen LogP contribution is 2.25. The molecule has 0 bridgehead atoms. The number of nitrogens with zero attached hydrogens (tertiary/aromatic N) is 5. The summed E-state index contributed by atoms with van der Waals surface area (Å²) >= 11 is 1.39. The van der Waals surface area contributed by atoms with Crippen LogP contribution in [-0.4, -0.2) is 32.4 Å². The van der Waals surface area contributed by atoms with Gasteiger partial charge in [0.05, 0.1) is 22.3 Å². The van der Waals surface area contributed by atoms with Crippen molar-refractivity contribution in [3.63, 3.8) is 0 Å². The molecule has 0 aliphatic carbocycles. The van der Waals surface area contributed by atoms with E-state index in [1.165, 1.54) is 11.3 Å². The molecule has 0 unspecified atom stereocenters. The smallest absolute Gasteiger partial charge is 0.209 e. The number of carbonyl (C=O) groups is 1. The molecule has 2 N–H and O–H groups in total. The average Bonchev–Trinajstić information content (AvgIpc) is 3.43. The number of rotatable bonds is 5. The summed E-state index contributed by atoms with van der Waals surface area (Å²) in [7, 11) is 0. The summed E-state index contributed by atoms with van der Waals surface area (Å²) in [6.07, 6.45) is 5.11. The fourth-order valence-corrected chi connectivity index (χ4v) is 3.79. The highest BCUT2D eigenvalue weighted by molar-refractivity contribution is 7.12. The molecule has 0 spiro atoms. The number of hydrogen-bond donors (Lipinski definition) is 2. The van der Waals surface area contributed by atoms with Gasteiger partial charge in [-0.1, -0.05) is 18.2 Å². The molecule has 0 amide bonds. The molecule has 0 aliphatic rings. The predicted octanol–water partition coefficient (Wildman–Crippen LogP) is 3.94. The van der Waals surface area contributed by atoms with Crippen LogP contribution in [-0.2, 0) is 0 Å². The van der Waals surface area contributed by atoms with E-state index in [0.29, 0.717) is 22.0 Å². The van der Waals surface area contributed by atoms with Crippen molar-refractivity contribution in [2.24, 2.45) is 4.99 Å². The van der Waals surface area contributed by atoms with Gasteiger partial charge in [0.15, 0.2) is 11.8 Å². The Morgan fingerprint density at radius 2 is 2.13 bits per heavy atom. The quantitative estimate of drug-likeness (QED) is 0.164. The van der Waals surface area contributed by atoms with Crippen molar-refractivity contribution in [3.8, 4) is 17.5 Å². The second-order valence-corrected chi connectivity index (χ2v) is 7.89. The molecule has 1 aromatic carbocycles. The number of ketones is 1. The molecule has 0 radical (unpaired) electrons. The van der Waals surface area contributed by atoms with Gasteiger partial charge in [0, 0.05) is 23.5 Å². The van der Waals surface area contributed by atoms with Crippen LogP contribution in [0.1, 0.15) is 29.1 Å². The number of carbonyl (C=O) groups excluding carboxylic acids is 1. The van der Waals surface area contributed by atoms with Crippen LogP contribution in [0.2, 0.25) is 0 Å². The minimum absolute atomic E-state index is 0.0229. The first-order valence-electron chi connectivity index (χ1n) is 9.58. The SMILES string of the molecule is CC(C)N=C(NC#N)Nc1cccc(-c2ccnc3c(C(=O)c4cccs4)cnn23)c1. The van der Waals surface area contributed by atoms with Crippen molar-refractivity contribution in [3.05, 3.63) is 70.7 Å². The van der Waals surface area contributed by atoms with Gasteiger partial charge in [-0.15, -0.1) is 11.3 Å². The van der Waals surface area contributed by atoms with Crippen molar-refractivity contribution < 1.29 is 4.79 Å². The Kier molecular flexibility index (Phi) is 5.73. The molecule has 0 fully saturated rings. The van der Waals surface area contributed by atoms with E-state index in [1.807, 2.05) is 61.8 Å². The Morgan fingerprint density at radius 1 is 1.26 bits per heavy atom. The lowest BCUT2D eigenvalue weighted by atomic mass is 10.1. The molecule has 4 rings (SSSR count). The Labute approximate surface area is 182 Å². The standard InChI is InChI=1S/C22H19N7OS/c1-14(2)27-22(25-13-23)28-16-6-3-5-15(11-16)18-8-9-24-21-17(12-26-29(18)21)20(30)19-7-4-10-31-19/h3-12,14H,1-2H3,(H2,25,27,28). The maximum absolute atomic E-state index is 12.8.